The summed E-state index contributed by atoms with van der Waals surface area (Å²) in [6.45, 7) is 0. The van der Waals surface area contributed by atoms with Crippen LogP contribution in [0.4, 0.5) is 5.13 Å². The molecule has 0 radical (unpaired) electrons. The summed E-state index contributed by atoms with van der Waals surface area (Å²) in [4.78, 5) is 52.5. The van der Waals surface area contributed by atoms with Gasteiger partial charge in [0.2, 0.25) is 5.16 Å². The Labute approximate surface area is 350 Å². The van der Waals surface area contributed by atoms with Gasteiger partial charge in [-0.3, -0.25) is 14.5 Å². The summed E-state index contributed by atoms with van der Waals surface area (Å²) in [5, 5.41) is 38.6. The van der Waals surface area contributed by atoms with E-state index in [1.54, 1.807) is 11.6 Å². The predicted octanol–water partition coefficient (Wildman–Crippen LogP) is 5.30. The van der Waals surface area contributed by atoms with Crippen molar-refractivity contribution in [2.24, 2.45) is 10.3 Å². The maximum absolute atomic E-state index is 13.9. The molecule has 2 amide bonds. The Morgan fingerprint density at radius 1 is 0.949 bits per heavy atom. The van der Waals surface area contributed by atoms with Gasteiger partial charge < -0.3 is 20.6 Å². The van der Waals surface area contributed by atoms with Crippen LogP contribution < -0.4 is 10.6 Å². The zero-order chi connectivity index (χ0) is 40.8. The SMILES string of the molecule is CO/N=C(/C(=O)N[C@@H]1C(=O)N2C(C(=O)O)=C(CSc3nnnn3N=Cc3ccccc3)CS[C@H]12)c1csc(NC(c2ccccc2)(c2ccccc2)c2ccccc2)n1. The third kappa shape index (κ3) is 7.97. The Morgan fingerprint density at radius 3 is 2.15 bits per heavy atom. The number of carbonyl (C=O) groups excluding carboxylic acids is 2. The van der Waals surface area contributed by atoms with E-state index in [4.69, 9.17) is 9.82 Å². The lowest BCUT2D eigenvalue weighted by Gasteiger charge is -2.49. The van der Waals surface area contributed by atoms with Gasteiger partial charge in [-0.15, -0.1) is 27.9 Å². The van der Waals surface area contributed by atoms with Gasteiger partial charge in [-0.05, 0) is 38.3 Å². The average molecular weight is 843 g/mol. The van der Waals surface area contributed by atoms with E-state index in [1.807, 2.05) is 84.9 Å². The number of nitrogens with one attached hydrogen (secondary N) is 2. The Bertz CT molecular complexity index is 2450. The highest BCUT2D eigenvalue weighted by atomic mass is 32.2. The quantitative estimate of drug-likeness (QED) is 0.0399. The monoisotopic (exact) mass is 842 g/mol. The first kappa shape index (κ1) is 39.2. The molecule has 6 aromatic rings. The van der Waals surface area contributed by atoms with Crippen molar-refractivity contribution in [1.82, 2.24) is 35.5 Å². The number of thiazole rings is 1. The molecule has 0 bridgehead atoms. The predicted molar refractivity (Wildman–Crippen MR) is 226 cm³/mol. The number of aromatic nitrogens is 5. The van der Waals surface area contributed by atoms with Gasteiger partial charge >= 0.3 is 5.97 Å². The number of anilines is 1. The molecule has 18 heteroatoms. The molecule has 2 aromatic heterocycles. The van der Waals surface area contributed by atoms with Gasteiger partial charge in [-0.25, -0.2) is 9.78 Å². The summed E-state index contributed by atoms with van der Waals surface area (Å²) >= 11 is 3.82. The smallest absolute Gasteiger partial charge is 0.352 e. The number of β-lactam (4-membered cyclic amide) rings is 1. The molecule has 4 aromatic carbocycles. The lowest BCUT2D eigenvalue weighted by atomic mass is 9.77. The van der Waals surface area contributed by atoms with Crippen molar-refractivity contribution in [1.29, 1.82) is 0 Å². The Hall–Kier alpha value is -6.63. The number of hydrogen-bond acceptors (Lipinski definition) is 14. The number of nitrogens with zero attached hydrogens (tertiary/aromatic N) is 8. The first-order chi connectivity index (χ1) is 28.9. The van der Waals surface area contributed by atoms with Gasteiger partial charge in [0.25, 0.3) is 11.8 Å². The highest BCUT2D eigenvalue weighted by Gasteiger charge is 2.54. The fourth-order valence-electron chi connectivity index (χ4n) is 6.83. The molecule has 0 spiro atoms. The summed E-state index contributed by atoms with van der Waals surface area (Å²) in [5.74, 6) is -2.05. The van der Waals surface area contributed by atoms with Gasteiger partial charge in [0.05, 0.1) is 6.21 Å². The molecule has 59 heavy (non-hydrogen) atoms. The Balaban J connectivity index is 0.992. The van der Waals surface area contributed by atoms with Crippen LogP contribution in [0.2, 0.25) is 0 Å². The summed E-state index contributed by atoms with van der Waals surface area (Å²) in [7, 11) is 1.31. The van der Waals surface area contributed by atoms with Crippen molar-refractivity contribution >= 4 is 69.7 Å². The number of carboxylic acid groups (broad SMARTS) is 1. The van der Waals surface area contributed by atoms with Crippen molar-refractivity contribution < 1.29 is 24.3 Å². The van der Waals surface area contributed by atoms with Crippen LogP contribution in [-0.4, -0.2) is 95.0 Å². The lowest BCUT2D eigenvalue weighted by molar-refractivity contribution is -0.150. The normalized spacial score (nSPS) is 16.7. The fraction of sp³-hybridized carbons (Fsp3) is 0.146. The number of tetrazole rings is 1. The third-order valence-corrected chi connectivity index (χ3v) is 12.6. The minimum Gasteiger partial charge on any atom is -0.477 e. The van der Waals surface area contributed by atoms with Gasteiger partial charge in [0.1, 0.15) is 35.5 Å². The zero-order valence-corrected chi connectivity index (χ0v) is 33.6. The summed E-state index contributed by atoms with van der Waals surface area (Å²) in [6.07, 6.45) is 1.61. The number of thioether (sulfide) groups is 2. The van der Waals surface area contributed by atoms with E-state index in [1.165, 1.54) is 51.7 Å². The van der Waals surface area contributed by atoms with E-state index < -0.39 is 34.7 Å². The van der Waals surface area contributed by atoms with E-state index in [-0.39, 0.29) is 28.6 Å². The van der Waals surface area contributed by atoms with Crippen LogP contribution in [0.1, 0.15) is 27.9 Å². The molecule has 15 nitrogen and oxygen atoms in total. The fourth-order valence-corrected chi connectivity index (χ4v) is 9.89. The molecule has 0 unspecified atom stereocenters. The van der Waals surface area contributed by atoms with Crippen LogP contribution in [0.15, 0.2) is 153 Å². The van der Waals surface area contributed by atoms with E-state index >= 15 is 0 Å². The molecule has 296 valence electrons. The molecule has 2 atom stereocenters. The lowest BCUT2D eigenvalue weighted by Crippen LogP contribution is -2.71. The summed E-state index contributed by atoms with van der Waals surface area (Å²) in [6, 6.07) is 38.5. The van der Waals surface area contributed by atoms with Crippen LogP contribution in [0.5, 0.6) is 0 Å². The Morgan fingerprint density at radius 2 is 1.56 bits per heavy atom. The standard InChI is InChI=1S/C41H34N10O5S3/c1-56-47-32(31-25-58-39(43-31)45-41(28-16-8-3-9-17-28,29-18-10-4-11-19-29)30-20-12-5-13-21-30)35(52)44-33-36(53)50-34(38(54)55)27(23-57-37(33)50)24-59-40-46-48-49-51(40)42-22-26-14-6-2-7-15-26/h2-22,25,33,37H,23-24H2,1H3,(H,43,45)(H,44,52)(H,54,55)/b42-22?,47-32+/t33-,37-/m1/s1. The number of carbonyl (C=O) groups is 3. The van der Waals surface area contributed by atoms with Crippen LogP contribution in [-0.2, 0) is 24.8 Å². The second-order valence-corrected chi connectivity index (χ2v) is 16.0. The van der Waals surface area contributed by atoms with Crippen molar-refractivity contribution in [2.45, 2.75) is 22.1 Å². The molecule has 1 fully saturated rings. The van der Waals surface area contributed by atoms with Crippen LogP contribution >= 0.6 is 34.9 Å². The molecule has 2 aliphatic heterocycles. The van der Waals surface area contributed by atoms with Crippen LogP contribution in [0.3, 0.4) is 0 Å². The van der Waals surface area contributed by atoms with Crippen molar-refractivity contribution in [3.05, 3.63) is 166 Å². The first-order valence-corrected chi connectivity index (χ1v) is 21.0. The molecule has 4 heterocycles. The van der Waals surface area contributed by atoms with Crippen LogP contribution in [0.25, 0.3) is 0 Å². The Kier molecular flexibility index (Phi) is 11.6. The molecule has 8 rings (SSSR count). The number of rotatable bonds is 15. The molecular weight excluding hydrogens is 809 g/mol. The molecular formula is C41H34N10O5S3. The van der Waals surface area contributed by atoms with Crippen LogP contribution in [0, 0.1) is 0 Å². The average Bonchev–Trinajstić information content (AvgIpc) is 3.95. The second-order valence-electron chi connectivity index (χ2n) is 13.0. The summed E-state index contributed by atoms with van der Waals surface area (Å²) in [5.41, 5.74) is 3.35. The van der Waals surface area contributed by atoms with E-state index in [2.05, 4.69) is 72.8 Å². The number of carboxylic acids is 1. The maximum atomic E-state index is 13.9. The topological polar surface area (TPSA) is 189 Å². The van der Waals surface area contributed by atoms with E-state index in [9.17, 15) is 19.5 Å². The summed E-state index contributed by atoms with van der Waals surface area (Å²) < 4.78 is 0. The number of aliphatic carboxylic acids is 1. The number of amides is 2. The van der Waals surface area contributed by atoms with Crippen molar-refractivity contribution in [3.8, 4) is 0 Å². The van der Waals surface area contributed by atoms with E-state index in [0.29, 0.717) is 15.9 Å². The number of benzene rings is 4. The molecule has 0 aliphatic carbocycles. The van der Waals surface area contributed by atoms with Gasteiger partial charge in [-0.1, -0.05) is 143 Å². The highest BCUT2D eigenvalue weighted by molar-refractivity contribution is 8.01. The zero-order valence-electron chi connectivity index (χ0n) is 31.2. The molecule has 2 aliphatic rings. The minimum atomic E-state index is -1.26. The minimum absolute atomic E-state index is 0.136. The number of oxime groups is 1. The third-order valence-electron chi connectivity index (χ3n) is 9.51. The molecule has 3 N–H and O–H groups in total. The maximum Gasteiger partial charge on any atom is 0.352 e. The van der Waals surface area contributed by atoms with Gasteiger partial charge in [-0.2, -0.15) is 5.10 Å². The second kappa shape index (κ2) is 17.5. The van der Waals surface area contributed by atoms with E-state index in [0.717, 1.165) is 22.3 Å². The number of hydrogen-bond donors (Lipinski definition) is 3. The van der Waals surface area contributed by atoms with Gasteiger partial charge in [0.15, 0.2) is 10.8 Å². The van der Waals surface area contributed by atoms with Crippen molar-refractivity contribution in [3.63, 3.8) is 0 Å². The number of fused-ring (bicyclic) bond motifs is 1. The van der Waals surface area contributed by atoms with Crippen molar-refractivity contribution in [2.75, 3.05) is 23.9 Å². The first-order valence-electron chi connectivity index (χ1n) is 18.1. The molecule has 0 saturated carbocycles. The van der Waals surface area contributed by atoms with Gasteiger partial charge in [0, 0.05) is 16.9 Å². The molecule has 1 saturated heterocycles. The highest BCUT2D eigenvalue weighted by Crippen LogP contribution is 2.43. The largest absolute Gasteiger partial charge is 0.477 e.